The van der Waals surface area contributed by atoms with Crippen LogP contribution in [0.5, 0.6) is 11.5 Å². The zero-order valence-electron chi connectivity index (χ0n) is 22.9. The summed E-state index contributed by atoms with van der Waals surface area (Å²) in [6, 6.07) is 11.9. The van der Waals surface area contributed by atoms with Gasteiger partial charge in [0.2, 0.25) is 0 Å². The van der Waals surface area contributed by atoms with Gasteiger partial charge in [-0.25, -0.2) is 9.67 Å². The molecule has 0 unspecified atom stereocenters. The molecule has 0 aliphatic carbocycles. The van der Waals surface area contributed by atoms with Crippen LogP contribution >= 0.6 is 0 Å². The number of amides is 1. The highest BCUT2D eigenvalue weighted by Gasteiger charge is 2.17. The van der Waals surface area contributed by atoms with Gasteiger partial charge in [-0.1, -0.05) is 12.5 Å². The van der Waals surface area contributed by atoms with Gasteiger partial charge < -0.3 is 19.7 Å². The number of piperidine rings is 1. The second-order valence-corrected chi connectivity index (χ2v) is 10.3. The molecule has 0 radical (unpaired) electrons. The molecule has 39 heavy (non-hydrogen) atoms. The summed E-state index contributed by atoms with van der Waals surface area (Å²) in [6.45, 7) is 7.75. The number of ether oxygens (including phenoxy) is 2. The van der Waals surface area contributed by atoms with Crippen molar-refractivity contribution in [3.8, 4) is 22.9 Å². The third-order valence-corrected chi connectivity index (χ3v) is 6.92. The maximum Gasteiger partial charge on any atom is 0.258 e. The monoisotopic (exact) mass is 531 g/mol. The average molecular weight is 532 g/mol. The van der Waals surface area contributed by atoms with E-state index in [2.05, 4.69) is 38.6 Å². The lowest BCUT2D eigenvalue weighted by molar-refractivity contribution is -0.123. The first-order chi connectivity index (χ1) is 19.0. The van der Waals surface area contributed by atoms with Gasteiger partial charge in [-0.2, -0.15) is 10.2 Å². The Kier molecular flexibility index (Phi) is 8.41. The Balaban J connectivity index is 1.38. The second kappa shape index (κ2) is 12.3. The predicted molar refractivity (Wildman–Crippen MR) is 150 cm³/mol. The SMILES string of the molecule is COc1cc(-c2nc(Cc3ccc4[nH]ncc4c3)n(CCN3CCCCC3)n2)ccc1OCC(=O)NC(C)C. The number of hydrogen-bond acceptors (Lipinski definition) is 7. The number of nitrogens with one attached hydrogen (secondary N) is 2. The summed E-state index contributed by atoms with van der Waals surface area (Å²) in [5, 5.41) is 16.0. The van der Waals surface area contributed by atoms with Gasteiger partial charge in [0, 0.05) is 30.0 Å². The molecule has 10 heteroatoms. The summed E-state index contributed by atoms with van der Waals surface area (Å²) < 4.78 is 13.3. The van der Waals surface area contributed by atoms with Crippen molar-refractivity contribution in [2.24, 2.45) is 0 Å². The first-order valence-electron chi connectivity index (χ1n) is 13.7. The molecule has 3 heterocycles. The molecule has 5 rings (SSSR count). The molecule has 0 bridgehead atoms. The van der Waals surface area contributed by atoms with Crippen LogP contribution in [0.25, 0.3) is 22.3 Å². The number of methoxy groups -OCH3 is 1. The van der Waals surface area contributed by atoms with Crippen LogP contribution in [0.4, 0.5) is 0 Å². The van der Waals surface area contributed by atoms with Gasteiger partial charge in [-0.15, -0.1) is 0 Å². The van der Waals surface area contributed by atoms with Gasteiger partial charge in [0.25, 0.3) is 5.91 Å². The highest BCUT2D eigenvalue weighted by Crippen LogP contribution is 2.32. The molecule has 10 nitrogen and oxygen atoms in total. The number of nitrogens with zero attached hydrogens (tertiary/aromatic N) is 5. The van der Waals surface area contributed by atoms with Crippen LogP contribution in [0.3, 0.4) is 0 Å². The minimum Gasteiger partial charge on any atom is -0.493 e. The smallest absolute Gasteiger partial charge is 0.258 e. The number of H-pyrrole nitrogens is 1. The molecule has 206 valence electrons. The van der Waals surface area contributed by atoms with E-state index in [4.69, 9.17) is 19.6 Å². The van der Waals surface area contributed by atoms with Crippen LogP contribution in [0.2, 0.25) is 0 Å². The molecule has 1 aliphatic rings. The lowest BCUT2D eigenvalue weighted by Crippen LogP contribution is -2.34. The quantitative estimate of drug-likeness (QED) is 0.303. The van der Waals surface area contributed by atoms with Crippen LogP contribution in [0, 0.1) is 0 Å². The molecular formula is C29H37N7O3. The van der Waals surface area contributed by atoms with E-state index >= 15 is 0 Å². The van der Waals surface area contributed by atoms with E-state index in [1.54, 1.807) is 13.2 Å². The van der Waals surface area contributed by atoms with Crippen LogP contribution in [-0.2, 0) is 17.8 Å². The molecule has 4 aromatic rings. The maximum atomic E-state index is 12.0. The Morgan fingerprint density at radius 3 is 2.72 bits per heavy atom. The fourth-order valence-electron chi connectivity index (χ4n) is 4.94. The standard InChI is InChI=1S/C29H37N7O3/c1-20(2)31-28(37)19-39-25-10-8-22(17-26(25)38-3)29-32-27(16-21-7-9-24-23(15-21)18-30-33-24)36(34-29)14-13-35-11-5-4-6-12-35/h7-10,15,17-18,20H,4-6,11-14,16,19H2,1-3H3,(H,30,33)(H,31,37). The van der Waals surface area contributed by atoms with E-state index in [1.807, 2.05) is 36.9 Å². The Morgan fingerprint density at radius 2 is 1.92 bits per heavy atom. The van der Waals surface area contributed by atoms with Crippen molar-refractivity contribution >= 4 is 16.8 Å². The molecule has 2 aromatic carbocycles. The minimum absolute atomic E-state index is 0.0530. The Bertz CT molecular complexity index is 1410. The third-order valence-electron chi connectivity index (χ3n) is 6.92. The van der Waals surface area contributed by atoms with Crippen LogP contribution < -0.4 is 14.8 Å². The number of carbonyl (C=O) groups excluding carboxylic acids is 1. The zero-order valence-corrected chi connectivity index (χ0v) is 22.9. The third kappa shape index (κ3) is 6.75. The van der Waals surface area contributed by atoms with Crippen molar-refractivity contribution in [2.75, 3.05) is 33.4 Å². The molecule has 2 aromatic heterocycles. The van der Waals surface area contributed by atoms with E-state index in [9.17, 15) is 4.79 Å². The highest BCUT2D eigenvalue weighted by molar-refractivity contribution is 5.79. The van der Waals surface area contributed by atoms with E-state index in [-0.39, 0.29) is 18.6 Å². The Morgan fingerprint density at radius 1 is 1.08 bits per heavy atom. The van der Waals surface area contributed by atoms with E-state index in [0.717, 1.165) is 54.0 Å². The number of likely N-dealkylation sites (tertiary alicyclic amines) is 1. The Labute approximate surface area is 228 Å². The average Bonchev–Trinajstić information content (AvgIpc) is 3.57. The van der Waals surface area contributed by atoms with Gasteiger partial charge in [-0.05, 0) is 75.7 Å². The Hall–Kier alpha value is -3.92. The summed E-state index contributed by atoms with van der Waals surface area (Å²) in [7, 11) is 1.59. The van der Waals surface area contributed by atoms with Crippen molar-refractivity contribution in [3.63, 3.8) is 0 Å². The maximum absolute atomic E-state index is 12.0. The number of aromatic nitrogens is 5. The lowest BCUT2D eigenvalue weighted by Gasteiger charge is -2.26. The van der Waals surface area contributed by atoms with Crippen LogP contribution in [0.1, 0.15) is 44.5 Å². The fraction of sp³-hybridized carbons (Fsp3) is 0.448. The number of benzene rings is 2. The van der Waals surface area contributed by atoms with Crippen molar-refractivity contribution in [1.29, 1.82) is 0 Å². The van der Waals surface area contributed by atoms with Gasteiger partial charge in [0.1, 0.15) is 5.82 Å². The molecule has 0 saturated carbocycles. The van der Waals surface area contributed by atoms with Crippen molar-refractivity contribution in [1.82, 2.24) is 35.2 Å². The summed E-state index contributed by atoms with van der Waals surface area (Å²) in [5.41, 5.74) is 3.00. The van der Waals surface area contributed by atoms with Crippen LogP contribution in [0.15, 0.2) is 42.6 Å². The molecule has 1 fully saturated rings. The summed E-state index contributed by atoms with van der Waals surface area (Å²) in [4.78, 5) is 19.5. The molecule has 2 N–H and O–H groups in total. The summed E-state index contributed by atoms with van der Waals surface area (Å²) >= 11 is 0. The van der Waals surface area contributed by atoms with Gasteiger partial charge in [-0.3, -0.25) is 9.89 Å². The molecule has 1 amide bonds. The van der Waals surface area contributed by atoms with E-state index in [1.165, 1.54) is 19.3 Å². The predicted octanol–water partition coefficient (Wildman–Crippen LogP) is 3.81. The summed E-state index contributed by atoms with van der Waals surface area (Å²) in [5.74, 6) is 2.40. The second-order valence-electron chi connectivity index (χ2n) is 10.3. The number of rotatable bonds is 11. The first kappa shape index (κ1) is 26.7. The topological polar surface area (TPSA) is 110 Å². The van der Waals surface area contributed by atoms with E-state index in [0.29, 0.717) is 23.7 Å². The van der Waals surface area contributed by atoms with Crippen molar-refractivity contribution in [2.45, 2.75) is 52.1 Å². The van der Waals surface area contributed by atoms with Gasteiger partial charge in [0.15, 0.2) is 23.9 Å². The fourth-order valence-corrected chi connectivity index (χ4v) is 4.94. The van der Waals surface area contributed by atoms with Gasteiger partial charge >= 0.3 is 0 Å². The molecule has 1 saturated heterocycles. The number of fused-ring (bicyclic) bond motifs is 1. The number of aromatic amines is 1. The largest absolute Gasteiger partial charge is 0.493 e. The van der Waals surface area contributed by atoms with Crippen molar-refractivity contribution in [3.05, 3.63) is 54.0 Å². The minimum atomic E-state index is -0.177. The number of hydrogen-bond donors (Lipinski definition) is 2. The molecule has 0 spiro atoms. The zero-order chi connectivity index (χ0) is 27.2. The van der Waals surface area contributed by atoms with Crippen LogP contribution in [-0.4, -0.2) is 75.2 Å². The first-order valence-corrected chi connectivity index (χ1v) is 13.7. The highest BCUT2D eigenvalue weighted by atomic mass is 16.5. The molecule has 1 aliphatic heterocycles. The summed E-state index contributed by atoms with van der Waals surface area (Å²) in [6.07, 6.45) is 6.34. The number of carbonyl (C=O) groups is 1. The van der Waals surface area contributed by atoms with E-state index < -0.39 is 0 Å². The molecule has 0 atom stereocenters. The lowest BCUT2D eigenvalue weighted by atomic mass is 10.1. The normalized spacial score (nSPS) is 14.2. The van der Waals surface area contributed by atoms with Gasteiger partial charge in [0.05, 0.1) is 25.4 Å². The molecular weight excluding hydrogens is 494 g/mol. The van der Waals surface area contributed by atoms with Crippen molar-refractivity contribution < 1.29 is 14.3 Å².